The fraction of sp³-hybridized carbons (Fsp3) is 0.238. The van der Waals surface area contributed by atoms with Gasteiger partial charge in [-0.15, -0.1) is 0 Å². The summed E-state index contributed by atoms with van der Waals surface area (Å²) in [7, 11) is 1.38. The summed E-state index contributed by atoms with van der Waals surface area (Å²) in [6.45, 7) is 5.36. The zero-order valence-electron chi connectivity index (χ0n) is 15.5. The number of ketones is 1. The maximum Gasteiger partial charge on any atom is 0.338 e. The Bertz CT molecular complexity index is 992. The second kappa shape index (κ2) is 6.79. The van der Waals surface area contributed by atoms with Gasteiger partial charge in [0, 0.05) is 12.6 Å². The molecule has 1 aliphatic rings. The summed E-state index contributed by atoms with van der Waals surface area (Å²) >= 11 is 0. The maximum absolute atomic E-state index is 12.5. The Labute approximate surface area is 156 Å². The van der Waals surface area contributed by atoms with E-state index in [9.17, 15) is 19.2 Å². The van der Waals surface area contributed by atoms with Crippen LogP contribution in [0, 0.1) is 13.8 Å². The van der Waals surface area contributed by atoms with Crippen LogP contribution in [0.2, 0.25) is 0 Å². The number of esters is 1. The standard InChI is InChI=1S/C21H19NO5/c1-11-5-6-14(9-12(11)2)18(23)13(3)27-21(26)15-7-8-16-17(10-15)20(25)22(4)19(16)24/h5-10,13H,1-4H3/t13-/m0/s1. The number of nitrogens with zero attached hydrogens (tertiary/aromatic N) is 1. The molecule has 0 aromatic heterocycles. The Morgan fingerprint density at radius 1 is 0.889 bits per heavy atom. The molecule has 0 unspecified atom stereocenters. The van der Waals surface area contributed by atoms with Gasteiger partial charge < -0.3 is 4.74 Å². The first kappa shape index (κ1) is 18.5. The summed E-state index contributed by atoms with van der Waals surface area (Å²) in [4.78, 5) is 49.9. The number of carbonyl (C=O) groups excluding carboxylic acids is 4. The molecule has 0 fully saturated rings. The van der Waals surface area contributed by atoms with E-state index in [2.05, 4.69) is 0 Å². The smallest absolute Gasteiger partial charge is 0.338 e. The van der Waals surface area contributed by atoms with E-state index in [1.807, 2.05) is 19.9 Å². The molecule has 0 spiro atoms. The van der Waals surface area contributed by atoms with E-state index in [0.717, 1.165) is 16.0 Å². The summed E-state index contributed by atoms with van der Waals surface area (Å²) in [5, 5.41) is 0. The van der Waals surface area contributed by atoms with Crippen molar-refractivity contribution in [3.63, 3.8) is 0 Å². The number of aryl methyl sites for hydroxylation is 2. The van der Waals surface area contributed by atoms with Crippen LogP contribution in [0.15, 0.2) is 36.4 Å². The lowest BCUT2D eigenvalue weighted by Crippen LogP contribution is -2.25. The van der Waals surface area contributed by atoms with E-state index in [-0.39, 0.29) is 22.5 Å². The van der Waals surface area contributed by atoms with Crippen molar-refractivity contribution in [1.29, 1.82) is 0 Å². The minimum Gasteiger partial charge on any atom is -0.451 e. The minimum absolute atomic E-state index is 0.116. The van der Waals surface area contributed by atoms with E-state index < -0.39 is 23.9 Å². The highest BCUT2D eigenvalue weighted by atomic mass is 16.5. The van der Waals surface area contributed by atoms with Crippen molar-refractivity contribution in [2.24, 2.45) is 0 Å². The first-order valence-electron chi connectivity index (χ1n) is 8.49. The molecule has 1 aliphatic heterocycles. The molecular formula is C21H19NO5. The predicted molar refractivity (Wildman–Crippen MR) is 98.0 cm³/mol. The molecule has 0 bridgehead atoms. The number of amides is 2. The number of Topliss-reactive ketones (excluding diaryl/α,β-unsaturated/α-hetero) is 1. The fourth-order valence-electron chi connectivity index (χ4n) is 2.90. The van der Waals surface area contributed by atoms with Crippen LogP contribution in [-0.4, -0.2) is 41.6 Å². The molecule has 2 amide bonds. The molecule has 138 valence electrons. The molecule has 1 heterocycles. The van der Waals surface area contributed by atoms with Crippen molar-refractivity contribution in [1.82, 2.24) is 4.90 Å². The van der Waals surface area contributed by atoms with Crippen LogP contribution in [-0.2, 0) is 4.74 Å². The Morgan fingerprint density at radius 2 is 1.52 bits per heavy atom. The summed E-state index contributed by atoms with van der Waals surface area (Å²) in [5.41, 5.74) is 3.03. The van der Waals surface area contributed by atoms with Crippen LogP contribution in [0.25, 0.3) is 0 Å². The fourth-order valence-corrected chi connectivity index (χ4v) is 2.90. The van der Waals surface area contributed by atoms with Crippen LogP contribution in [0.4, 0.5) is 0 Å². The van der Waals surface area contributed by atoms with E-state index >= 15 is 0 Å². The average molecular weight is 365 g/mol. The first-order chi connectivity index (χ1) is 12.7. The summed E-state index contributed by atoms with van der Waals surface area (Å²) in [6.07, 6.45) is -0.979. The highest BCUT2D eigenvalue weighted by Gasteiger charge is 2.33. The Balaban J connectivity index is 1.77. The number of carbonyl (C=O) groups is 4. The molecule has 0 saturated carbocycles. The quantitative estimate of drug-likeness (QED) is 0.473. The monoisotopic (exact) mass is 365 g/mol. The second-order valence-electron chi connectivity index (χ2n) is 6.64. The van der Waals surface area contributed by atoms with Crippen LogP contribution < -0.4 is 0 Å². The average Bonchev–Trinajstić information content (AvgIpc) is 2.87. The first-order valence-corrected chi connectivity index (χ1v) is 8.49. The lowest BCUT2D eigenvalue weighted by Gasteiger charge is -2.13. The molecule has 2 aromatic rings. The van der Waals surface area contributed by atoms with E-state index in [4.69, 9.17) is 4.74 Å². The molecule has 27 heavy (non-hydrogen) atoms. The maximum atomic E-state index is 12.5. The van der Waals surface area contributed by atoms with E-state index in [1.54, 1.807) is 12.1 Å². The van der Waals surface area contributed by atoms with Gasteiger partial charge in [0.2, 0.25) is 5.78 Å². The highest BCUT2D eigenvalue weighted by Crippen LogP contribution is 2.23. The topological polar surface area (TPSA) is 80.8 Å². The number of hydrogen-bond donors (Lipinski definition) is 0. The SMILES string of the molecule is Cc1ccc(C(=O)[C@H](C)OC(=O)c2ccc3c(c2)C(=O)N(C)C3=O)cc1C. The predicted octanol–water partition coefficient (Wildman–Crippen LogP) is 2.96. The van der Waals surface area contributed by atoms with Crippen molar-refractivity contribution in [2.75, 3.05) is 7.05 Å². The summed E-state index contributed by atoms with van der Waals surface area (Å²) in [6, 6.07) is 9.47. The number of ether oxygens (including phenoxy) is 1. The molecular weight excluding hydrogens is 346 g/mol. The largest absolute Gasteiger partial charge is 0.451 e. The van der Waals surface area contributed by atoms with Gasteiger partial charge in [0.05, 0.1) is 16.7 Å². The Kier molecular flexibility index (Phi) is 4.66. The van der Waals surface area contributed by atoms with Crippen molar-refractivity contribution in [3.8, 4) is 0 Å². The number of benzene rings is 2. The highest BCUT2D eigenvalue weighted by molar-refractivity contribution is 6.21. The van der Waals surface area contributed by atoms with Gasteiger partial charge in [-0.05, 0) is 56.2 Å². The Hall–Kier alpha value is -3.28. The van der Waals surface area contributed by atoms with Gasteiger partial charge in [0.25, 0.3) is 11.8 Å². The third-order valence-electron chi connectivity index (χ3n) is 4.77. The number of imide groups is 1. The van der Waals surface area contributed by atoms with Gasteiger partial charge in [-0.2, -0.15) is 0 Å². The second-order valence-corrected chi connectivity index (χ2v) is 6.64. The van der Waals surface area contributed by atoms with Gasteiger partial charge in [-0.3, -0.25) is 19.3 Å². The van der Waals surface area contributed by atoms with Gasteiger partial charge in [0.15, 0.2) is 6.10 Å². The number of rotatable bonds is 4. The zero-order chi connectivity index (χ0) is 19.9. The zero-order valence-corrected chi connectivity index (χ0v) is 15.5. The third kappa shape index (κ3) is 3.26. The van der Waals surface area contributed by atoms with Crippen molar-refractivity contribution < 1.29 is 23.9 Å². The molecule has 0 radical (unpaired) electrons. The lowest BCUT2D eigenvalue weighted by molar-refractivity contribution is 0.0318. The summed E-state index contributed by atoms with van der Waals surface area (Å²) < 4.78 is 5.27. The molecule has 6 nitrogen and oxygen atoms in total. The minimum atomic E-state index is -0.979. The third-order valence-corrected chi connectivity index (χ3v) is 4.77. The van der Waals surface area contributed by atoms with Gasteiger partial charge in [-0.25, -0.2) is 4.79 Å². The number of fused-ring (bicyclic) bond motifs is 1. The van der Waals surface area contributed by atoms with Crippen LogP contribution in [0.3, 0.4) is 0 Å². The van der Waals surface area contributed by atoms with Gasteiger partial charge in [0.1, 0.15) is 0 Å². The van der Waals surface area contributed by atoms with Crippen molar-refractivity contribution in [3.05, 3.63) is 69.8 Å². The van der Waals surface area contributed by atoms with Crippen molar-refractivity contribution >= 4 is 23.6 Å². The van der Waals surface area contributed by atoms with E-state index in [1.165, 1.54) is 32.2 Å². The molecule has 0 aliphatic carbocycles. The molecule has 1 atom stereocenters. The van der Waals surface area contributed by atoms with Crippen molar-refractivity contribution in [2.45, 2.75) is 26.9 Å². The molecule has 0 N–H and O–H groups in total. The lowest BCUT2D eigenvalue weighted by atomic mass is 10.0. The number of hydrogen-bond acceptors (Lipinski definition) is 5. The Morgan fingerprint density at radius 3 is 2.19 bits per heavy atom. The summed E-state index contributed by atoms with van der Waals surface area (Å²) in [5.74, 6) is -1.91. The van der Waals surface area contributed by atoms with Gasteiger partial charge >= 0.3 is 5.97 Å². The molecule has 0 saturated heterocycles. The van der Waals surface area contributed by atoms with Gasteiger partial charge in [-0.1, -0.05) is 12.1 Å². The van der Waals surface area contributed by atoms with E-state index in [0.29, 0.717) is 5.56 Å². The van der Waals surface area contributed by atoms with Crippen LogP contribution >= 0.6 is 0 Å². The van der Waals surface area contributed by atoms with Crippen LogP contribution in [0.5, 0.6) is 0 Å². The normalized spacial score (nSPS) is 14.1. The molecule has 3 rings (SSSR count). The molecule has 6 heteroatoms. The van der Waals surface area contributed by atoms with Crippen LogP contribution in [0.1, 0.15) is 59.5 Å². The molecule has 2 aromatic carbocycles.